The smallest absolute Gasteiger partial charge is 0.341 e. The van der Waals surface area contributed by atoms with Crippen molar-refractivity contribution in [3.05, 3.63) is 132 Å². The third kappa shape index (κ3) is 7.37. The molecule has 11 nitrogen and oxygen atoms in total. The van der Waals surface area contributed by atoms with E-state index >= 15 is 0 Å². The van der Waals surface area contributed by atoms with Crippen LogP contribution in [0.25, 0.3) is 22.4 Å². The van der Waals surface area contributed by atoms with E-state index in [0.717, 1.165) is 28.0 Å². The van der Waals surface area contributed by atoms with Crippen molar-refractivity contribution in [2.75, 3.05) is 11.3 Å². The quantitative estimate of drug-likeness (QED) is 0.150. The van der Waals surface area contributed by atoms with Crippen molar-refractivity contribution in [1.82, 2.24) is 24.8 Å². The SMILES string of the molecule is O=C(O)COc1ccc(S(=O)(=O)Nc2ccccc2-c2nc3c(CN(Cc4ccccn4)Cc4ccccn4)cccc3[nH]2)cc1. The number of aromatic amines is 1. The summed E-state index contributed by atoms with van der Waals surface area (Å²) in [6.07, 6.45) is 3.57. The van der Waals surface area contributed by atoms with Gasteiger partial charge in [0, 0.05) is 37.6 Å². The molecule has 0 unspecified atom stereocenters. The number of hydrogen-bond donors (Lipinski definition) is 3. The van der Waals surface area contributed by atoms with Crippen molar-refractivity contribution in [3.63, 3.8) is 0 Å². The van der Waals surface area contributed by atoms with E-state index in [2.05, 4.69) is 24.6 Å². The number of ether oxygens (including phenoxy) is 1. The zero-order valence-corrected chi connectivity index (χ0v) is 25.4. The molecule has 6 aromatic rings. The van der Waals surface area contributed by atoms with E-state index < -0.39 is 22.6 Å². The molecule has 0 radical (unpaired) electrons. The standard InChI is InChI=1S/C34H30N6O5S/c41-32(42)23-45-27-14-16-28(17-15-27)46(43,44)39-30-12-2-1-11-29(30)34-37-31-13-7-8-24(33(31)38-34)20-40(21-25-9-3-5-18-35-25)22-26-10-4-6-19-36-26/h1-19,39H,20-23H2,(H,37,38)(H,41,42). The van der Waals surface area contributed by atoms with Gasteiger partial charge in [0.1, 0.15) is 11.6 Å². The van der Waals surface area contributed by atoms with Gasteiger partial charge in [0.25, 0.3) is 10.0 Å². The molecule has 0 aliphatic carbocycles. The zero-order chi connectivity index (χ0) is 31.9. The highest BCUT2D eigenvalue weighted by Gasteiger charge is 2.20. The molecule has 6 rings (SSSR count). The van der Waals surface area contributed by atoms with Crippen molar-refractivity contribution >= 4 is 32.7 Å². The van der Waals surface area contributed by atoms with Gasteiger partial charge < -0.3 is 14.8 Å². The average Bonchev–Trinajstić information content (AvgIpc) is 3.50. The van der Waals surface area contributed by atoms with Gasteiger partial charge in [-0.15, -0.1) is 0 Å². The van der Waals surface area contributed by atoms with Crippen LogP contribution in [-0.2, 0) is 34.5 Å². The predicted molar refractivity (Wildman–Crippen MR) is 173 cm³/mol. The molecule has 0 amide bonds. The maximum absolute atomic E-state index is 13.3. The minimum atomic E-state index is -3.99. The van der Waals surface area contributed by atoms with Crippen LogP contribution < -0.4 is 9.46 Å². The molecule has 0 saturated heterocycles. The Morgan fingerprint density at radius 2 is 1.48 bits per heavy atom. The van der Waals surface area contributed by atoms with E-state index in [1.54, 1.807) is 30.6 Å². The summed E-state index contributed by atoms with van der Waals surface area (Å²) in [5, 5.41) is 8.81. The van der Waals surface area contributed by atoms with Crippen molar-refractivity contribution in [1.29, 1.82) is 0 Å². The number of carboxylic acid groups (broad SMARTS) is 1. The number of sulfonamides is 1. The van der Waals surface area contributed by atoms with Crippen LogP contribution in [0, 0.1) is 0 Å². The maximum atomic E-state index is 13.3. The van der Waals surface area contributed by atoms with Crippen molar-refractivity contribution < 1.29 is 23.1 Å². The number of aromatic nitrogens is 4. The normalized spacial score (nSPS) is 11.5. The zero-order valence-electron chi connectivity index (χ0n) is 24.6. The monoisotopic (exact) mass is 634 g/mol. The second-order valence-electron chi connectivity index (χ2n) is 10.5. The average molecular weight is 635 g/mol. The number of anilines is 1. The molecular formula is C34H30N6O5S. The van der Waals surface area contributed by atoms with E-state index in [9.17, 15) is 13.2 Å². The largest absolute Gasteiger partial charge is 0.482 e. The molecule has 0 aliphatic rings. The number of para-hydroxylation sites is 2. The minimum absolute atomic E-state index is 0.00206. The number of benzene rings is 3. The molecule has 0 spiro atoms. The van der Waals surface area contributed by atoms with Crippen LogP contribution in [0.15, 0.2) is 120 Å². The topological polar surface area (TPSA) is 150 Å². The Bertz CT molecular complexity index is 2010. The summed E-state index contributed by atoms with van der Waals surface area (Å²) in [4.78, 5) is 30.4. The fourth-order valence-corrected chi connectivity index (χ4v) is 6.12. The number of aliphatic carboxylic acids is 1. The highest BCUT2D eigenvalue weighted by molar-refractivity contribution is 7.92. The van der Waals surface area contributed by atoms with E-state index in [0.29, 0.717) is 36.7 Å². The number of fused-ring (bicyclic) bond motifs is 1. The highest BCUT2D eigenvalue weighted by atomic mass is 32.2. The van der Waals surface area contributed by atoms with E-state index in [-0.39, 0.29) is 10.6 Å². The number of nitrogens with zero attached hydrogens (tertiary/aromatic N) is 4. The van der Waals surface area contributed by atoms with Gasteiger partial charge in [-0.1, -0.05) is 36.4 Å². The number of pyridine rings is 2. The highest BCUT2D eigenvalue weighted by Crippen LogP contribution is 2.31. The van der Waals surface area contributed by atoms with Gasteiger partial charge in [-0.2, -0.15) is 0 Å². The summed E-state index contributed by atoms with van der Waals surface area (Å²) in [7, 11) is -3.99. The molecule has 0 saturated carbocycles. The molecule has 0 fully saturated rings. The Balaban J connectivity index is 1.27. The number of carbonyl (C=O) groups is 1. The number of carboxylic acids is 1. The van der Waals surface area contributed by atoms with E-state index in [4.69, 9.17) is 14.8 Å². The van der Waals surface area contributed by atoms with E-state index in [1.165, 1.54) is 24.3 Å². The molecule has 3 aromatic carbocycles. The molecule has 0 atom stereocenters. The molecule has 12 heteroatoms. The Morgan fingerprint density at radius 3 is 2.13 bits per heavy atom. The third-order valence-corrected chi connectivity index (χ3v) is 8.52. The number of hydrogen-bond acceptors (Lipinski definition) is 8. The van der Waals surface area contributed by atoms with Gasteiger partial charge in [-0.05, 0) is 72.3 Å². The molecule has 0 aliphatic heterocycles. The van der Waals surface area contributed by atoms with Gasteiger partial charge >= 0.3 is 5.97 Å². The summed E-state index contributed by atoms with van der Waals surface area (Å²) in [6.45, 7) is 1.28. The van der Waals surface area contributed by atoms with Gasteiger partial charge in [-0.3, -0.25) is 19.6 Å². The Hall–Kier alpha value is -5.59. The van der Waals surface area contributed by atoms with Crippen LogP contribution in [-0.4, -0.2) is 50.9 Å². The number of imidazole rings is 1. The van der Waals surface area contributed by atoms with Gasteiger partial charge in [0.05, 0.1) is 33.0 Å². The molecule has 0 bridgehead atoms. The Morgan fingerprint density at radius 1 is 0.804 bits per heavy atom. The fraction of sp³-hybridized carbons (Fsp3) is 0.118. The summed E-state index contributed by atoms with van der Waals surface area (Å²) >= 11 is 0. The van der Waals surface area contributed by atoms with Crippen LogP contribution in [0.5, 0.6) is 5.75 Å². The van der Waals surface area contributed by atoms with Crippen LogP contribution in [0.3, 0.4) is 0 Å². The summed E-state index contributed by atoms with van der Waals surface area (Å²) in [6, 6.07) is 30.2. The Kier molecular flexibility index (Phi) is 8.99. The lowest BCUT2D eigenvalue weighted by molar-refractivity contribution is -0.139. The second-order valence-corrected chi connectivity index (χ2v) is 12.2. The lowest BCUT2D eigenvalue weighted by atomic mass is 10.1. The third-order valence-electron chi connectivity index (χ3n) is 7.14. The first-order valence-corrected chi connectivity index (χ1v) is 15.9. The maximum Gasteiger partial charge on any atom is 0.341 e. The number of rotatable bonds is 13. The second kappa shape index (κ2) is 13.6. The van der Waals surface area contributed by atoms with Crippen LogP contribution in [0.1, 0.15) is 17.0 Å². The van der Waals surface area contributed by atoms with Crippen molar-refractivity contribution in [3.8, 4) is 17.1 Å². The number of H-pyrrole nitrogens is 1. The number of nitrogens with one attached hydrogen (secondary N) is 2. The molecule has 232 valence electrons. The summed E-state index contributed by atoms with van der Waals surface area (Å²) < 4.78 is 34.4. The van der Waals surface area contributed by atoms with Crippen molar-refractivity contribution in [2.45, 2.75) is 24.5 Å². The Labute approximate surface area is 265 Å². The first-order chi connectivity index (χ1) is 22.3. The fourth-order valence-electron chi connectivity index (χ4n) is 5.04. The molecule has 3 heterocycles. The molecule has 3 aromatic heterocycles. The van der Waals surface area contributed by atoms with Gasteiger partial charge in [-0.25, -0.2) is 18.2 Å². The van der Waals surface area contributed by atoms with Crippen LogP contribution in [0.4, 0.5) is 5.69 Å². The van der Waals surface area contributed by atoms with Crippen molar-refractivity contribution in [2.24, 2.45) is 0 Å². The molecular weight excluding hydrogens is 604 g/mol. The predicted octanol–water partition coefficient (Wildman–Crippen LogP) is 5.49. The summed E-state index contributed by atoms with van der Waals surface area (Å²) in [5.74, 6) is -0.364. The summed E-state index contributed by atoms with van der Waals surface area (Å²) in [5.41, 5.74) is 5.40. The lowest BCUT2D eigenvalue weighted by Crippen LogP contribution is -2.23. The first-order valence-electron chi connectivity index (χ1n) is 14.4. The van der Waals surface area contributed by atoms with Crippen LogP contribution >= 0.6 is 0 Å². The van der Waals surface area contributed by atoms with Gasteiger partial charge in [0.15, 0.2) is 6.61 Å². The molecule has 46 heavy (non-hydrogen) atoms. The van der Waals surface area contributed by atoms with Crippen LogP contribution in [0.2, 0.25) is 0 Å². The van der Waals surface area contributed by atoms with Gasteiger partial charge in [0.2, 0.25) is 0 Å². The van der Waals surface area contributed by atoms with E-state index in [1.807, 2.05) is 60.7 Å². The minimum Gasteiger partial charge on any atom is -0.482 e. The molecule has 3 N–H and O–H groups in total. The lowest BCUT2D eigenvalue weighted by Gasteiger charge is -2.22. The first kappa shape index (κ1) is 30.4.